The molecule has 1 aromatic rings. The van der Waals surface area contributed by atoms with Gasteiger partial charge >= 0.3 is 0 Å². The molecule has 2 rings (SSSR count). The van der Waals surface area contributed by atoms with Crippen LogP contribution in [0.1, 0.15) is 22.5 Å². The number of aliphatic hydroxyl groups is 1. The van der Waals surface area contributed by atoms with Crippen molar-refractivity contribution in [2.75, 3.05) is 26.4 Å². The van der Waals surface area contributed by atoms with Crippen molar-refractivity contribution in [3.8, 4) is 0 Å². The van der Waals surface area contributed by atoms with E-state index in [0.29, 0.717) is 25.3 Å². The molecular formula is C14H20N2O4. The zero-order valence-electron chi connectivity index (χ0n) is 11.5. The van der Waals surface area contributed by atoms with E-state index in [4.69, 9.17) is 14.6 Å². The molecular weight excluding hydrogens is 260 g/mol. The number of hydrogen-bond acceptors (Lipinski definition) is 5. The van der Waals surface area contributed by atoms with Crippen LogP contribution in [0.4, 0.5) is 0 Å². The molecule has 1 aromatic heterocycles. The normalized spacial score (nSPS) is 22.5. The lowest BCUT2D eigenvalue weighted by Crippen LogP contribution is -2.50. The van der Waals surface area contributed by atoms with E-state index in [-0.39, 0.29) is 31.3 Å². The molecule has 1 aliphatic heterocycles. The van der Waals surface area contributed by atoms with E-state index < -0.39 is 0 Å². The lowest BCUT2D eigenvalue weighted by atomic mass is 10.1. The lowest BCUT2D eigenvalue weighted by Gasteiger charge is -2.31. The van der Waals surface area contributed by atoms with Gasteiger partial charge in [0.2, 0.25) is 0 Å². The molecule has 1 aliphatic rings. The largest absolute Gasteiger partial charge is 0.394 e. The summed E-state index contributed by atoms with van der Waals surface area (Å²) < 4.78 is 10.8. The molecule has 2 atom stereocenters. The summed E-state index contributed by atoms with van der Waals surface area (Å²) in [6, 6.07) is 3.53. The van der Waals surface area contributed by atoms with Gasteiger partial charge in [-0.3, -0.25) is 9.78 Å². The maximum atomic E-state index is 12.2. The molecule has 0 radical (unpaired) electrons. The van der Waals surface area contributed by atoms with Crippen molar-refractivity contribution in [3.63, 3.8) is 0 Å². The highest BCUT2D eigenvalue weighted by Crippen LogP contribution is 2.13. The fourth-order valence-electron chi connectivity index (χ4n) is 2.21. The maximum absolute atomic E-state index is 12.2. The molecule has 2 N–H and O–H groups in total. The quantitative estimate of drug-likeness (QED) is 0.810. The monoisotopic (exact) mass is 280 g/mol. The number of hydrogen-bond donors (Lipinski definition) is 2. The van der Waals surface area contributed by atoms with E-state index in [1.807, 2.05) is 13.0 Å². The fraction of sp³-hybridized carbons (Fsp3) is 0.571. The van der Waals surface area contributed by atoms with Crippen LogP contribution >= 0.6 is 0 Å². The van der Waals surface area contributed by atoms with Crippen LogP contribution in [0.2, 0.25) is 0 Å². The minimum absolute atomic E-state index is 0.0451. The van der Waals surface area contributed by atoms with Crippen LogP contribution in [0.5, 0.6) is 0 Å². The molecule has 0 spiro atoms. The zero-order chi connectivity index (χ0) is 14.4. The predicted octanol–water partition coefficient (Wildman–Crippen LogP) is 0.286. The second kappa shape index (κ2) is 7.33. The van der Waals surface area contributed by atoms with Crippen molar-refractivity contribution < 1.29 is 19.4 Å². The van der Waals surface area contributed by atoms with Gasteiger partial charge in [-0.1, -0.05) is 6.07 Å². The van der Waals surface area contributed by atoms with E-state index in [9.17, 15) is 4.79 Å². The first-order valence-corrected chi connectivity index (χ1v) is 6.75. The fourth-order valence-corrected chi connectivity index (χ4v) is 2.21. The SMILES string of the molecule is Cc1cccnc1C(=O)NC1CCOCC1OCCO. The first kappa shape index (κ1) is 14.9. The first-order valence-electron chi connectivity index (χ1n) is 6.75. The van der Waals surface area contributed by atoms with Gasteiger partial charge in [0.1, 0.15) is 11.8 Å². The number of nitrogens with one attached hydrogen (secondary N) is 1. The highest BCUT2D eigenvalue weighted by Gasteiger charge is 2.28. The van der Waals surface area contributed by atoms with E-state index in [0.717, 1.165) is 5.56 Å². The number of nitrogens with zero attached hydrogens (tertiary/aromatic N) is 1. The minimum atomic E-state index is -0.233. The Hall–Kier alpha value is -1.50. The van der Waals surface area contributed by atoms with Crippen LogP contribution in [-0.4, -0.2) is 54.6 Å². The summed E-state index contributed by atoms with van der Waals surface area (Å²) in [6.07, 6.45) is 2.06. The first-order chi connectivity index (χ1) is 9.72. The van der Waals surface area contributed by atoms with Crippen LogP contribution in [0.3, 0.4) is 0 Å². The zero-order valence-corrected chi connectivity index (χ0v) is 11.5. The average molecular weight is 280 g/mol. The molecule has 6 heteroatoms. The van der Waals surface area contributed by atoms with Crippen molar-refractivity contribution >= 4 is 5.91 Å². The summed E-state index contributed by atoms with van der Waals surface area (Å²) in [5, 5.41) is 11.8. The van der Waals surface area contributed by atoms with Crippen LogP contribution in [0, 0.1) is 6.92 Å². The summed E-state index contributed by atoms with van der Waals surface area (Å²) in [7, 11) is 0. The third kappa shape index (κ3) is 3.75. The summed E-state index contributed by atoms with van der Waals surface area (Å²) in [5.74, 6) is -0.201. The van der Waals surface area contributed by atoms with E-state index in [1.54, 1.807) is 12.3 Å². The second-order valence-corrected chi connectivity index (χ2v) is 4.75. The molecule has 20 heavy (non-hydrogen) atoms. The Balaban J connectivity index is 1.99. The highest BCUT2D eigenvalue weighted by atomic mass is 16.5. The van der Waals surface area contributed by atoms with Gasteiger partial charge in [0.15, 0.2) is 0 Å². The standard InChI is InChI=1S/C14H20N2O4/c1-10-3-2-5-15-13(10)14(18)16-11-4-7-19-9-12(11)20-8-6-17/h2-3,5,11-12,17H,4,6-9H2,1H3,(H,16,18). The summed E-state index contributed by atoms with van der Waals surface area (Å²) in [6.45, 7) is 3.06. The van der Waals surface area contributed by atoms with Crippen molar-refractivity contribution in [1.29, 1.82) is 0 Å². The van der Waals surface area contributed by atoms with Crippen LogP contribution in [0.25, 0.3) is 0 Å². The van der Waals surface area contributed by atoms with Gasteiger partial charge < -0.3 is 19.9 Å². The van der Waals surface area contributed by atoms with Gasteiger partial charge in [-0.25, -0.2) is 0 Å². The summed E-state index contributed by atoms with van der Waals surface area (Å²) in [4.78, 5) is 16.3. The van der Waals surface area contributed by atoms with Crippen molar-refractivity contribution in [2.45, 2.75) is 25.5 Å². The lowest BCUT2D eigenvalue weighted by molar-refractivity contribution is -0.0737. The molecule has 110 valence electrons. The number of aryl methyl sites for hydroxylation is 1. The molecule has 0 aliphatic carbocycles. The Labute approximate surface area is 118 Å². The molecule has 6 nitrogen and oxygen atoms in total. The van der Waals surface area contributed by atoms with Gasteiger partial charge in [0.05, 0.1) is 25.9 Å². The average Bonchev–Trinajstić information content (AvgIpc) is 2.46. The Morgan fingerprint density at radius 1 is 1.65 bits per heavy atom. The van der Waals surface area contributed by atoms with Crippen molar-refractivity contribution in [1.82, 2.24) is 10.3 Å². The van der Waals surface area contributed by atoms with Crippen LogP contribution < -0.4 is 5.32 Å². The number of carbonyl (C=O) groups is 1. The Morgan fingerprint density at radius 3 is 3.25 bits per heavy atom. The van der Waals surface area contributed by atoms with Crippen LogP contribution in [-0.2, 0) is 9.47 Å². The molecule has 1 saturated heterocycles. The molecule has 1 fully saturated rings. The van der Waals surface area contributed by atoms with Crippen LogP contribution in [0.15, 0.2) is 18.3 Å². The van der Waals surface area contributed by atoms with Gasteiger partial charge in [-0.05, 0) is 25.0 Å². The number of carbonyl (C=O) groups excluding carboxylic acids is 1. The van der Waals surface area contributed by atoms with Crippen molar-refractivity contribution in [2.24, 2.45) is 0 Å². The molecule has 0 bridgehead atoms. The van der Waals surface area contributed by atoms with Gasteiger partial charge in [-0.15, -0.1) is 0 Å². The summed E-state index contributed by atoms with van der Waals surface area (Å²) in [5.41, 5.74) is 1.27. The van der Waals surface area contributed by atoms with E-state index in [1.165, 1.54) is 0 Å². The predicted molar refractivity (Wildman–Crippen MR) is 72.5 cm³/mol. The number of aliphatic hydroxyl groups excluding tert-OH is 1. The maximum Gasteiger partial charge on any atom is 0.270 e. The number of aromatic nitrogens is 1. The Morgan fingerprint density at radius 2 is 2.50 bits per heavy atom. The van der Waals surface area contributed by atoms with E-state index in [2.05, 4.69) is 10.3 Å². The van der Waals surface area contributed by atoms with Gasteiger partial charge in [0.25, 0.3) is 5.91 Å². The highest BCUT2D eigenvalue weighted by molar-refractivity contribution is 5.93. The smallest absolute Gasteiger partial charge is 0.270 e. The van der Waals surface area contributed by atoms with Gasteiger partial charge in [-0.2, -0.15) is 0 Å². The number of amides is 1. The number of pyridine rings is 1. The molecule has 2 heterocycles. The second-order valence-electron chi connectivity index (χ2n) is 4.75. The minimum Gasteiger partial charge on any atom is -0.394 e. The molecule has 2 unspecified atom stereocenters. The molecule has 1 amide bonds. The van der Waals surface area contributed by atoms with Gasteiger partial charge in [0, 0.05) is 12.8 Å². The molecule has 0 aromatic carbocycles. The van der Waals surface area contributed by atoms with E-state index >= 15 is 0 Å². The number of rotatable bonds is 5. The topological polar surface area (TPSA) is 80.7 Å². The Kier molecular flexibility index (Phi) is 5.46. The number of ether oxygens (including phenoxy) is 2. The van der Waals surface area contributed by atoms with Crippen molar-refractivity contribution in [3.05, 3.63) is 29.6 Å². The Bertz CT molecular complexity index is 453. The third-order valence-electron chi connectivity index (χ3n) is 3.27. The summed E-state index contributed by atoms with van der Waals surface area (Å²) >= 11 is 0. The third-order valence-corrected chi connectivity index (χ3v) is 3.27. The molecule has 0 saturated carbocycles.